The van der Waals surface area contributed by atoms with E-state index in [-0.39, 0.29) is 6.54 Å². The summed E-state index contributed by atoms with van der Waals surface area (Å²) < 4.78 is 48.9. The molecule has 1 heterocycles. The fourth-order valence-corrected chi connectivity index (χ4v) is 2.29. The van der Waals surface area contributed by atoms with Crippen molar-refractivity contribution in [2.45, 2.75) is 25.7 Å². The standard InChI is InChI=1S/C16H18F3N3O3/c1-10(12-5-4-11(24-2)8-13(12)25-3)20-15(23)9-22-7-6-14(21-22)16(17,18)19/h4-8,10H,9H2,1-3H3,(H,20,23). The van der Waals surface area contributed by atoms with Crippen molar-refractivity contribution in [1.82, 2.24) is 15.1 Å². The minimum Gasteiger partial charge on any atom is -0.497 e. The van der Waals surface area contributed by atoms with Crippen LogP contribution in [0.3, 0.4) is 0 Å². The lowest BCUT2D eigenvalue weighted by Gasteiger charge is -2.18. The minimum absolute atomic E-state index is 0.321. The van der Waals surface area contributed by atoms with Gasteiger partial charge in [-0.15, -0.1) is 0 Å². The maximum Gasteiger partial charge on any atom is 0.435 e. The number of ether oxygens (including phenoxy) is 2. The molecule has 0 radical (unpaired) electrons. The maximum atomic E-state index is 12.5. The summed E-state index contributed by atoms with van der Waals surface area (Å²) in [6.07, 6.45) is -3.42. The summed E-state index contributed by atoms with van der Waals surface area (Å²) in [4.78, 5) is 12.1. The number of rotatable bonds is 6. The van der Waals surface area contributed by atoms with Gasteiger partial charge in [0.25, 0.3) is 0 Å². The van der Waals surface area contributed by atoms with Crippen LogP contribution >= 0.6 is 0 Å². The molecule has 1 amide bonds. The van der Waals surface area contributed by atoms with E-state index in [1.165, 1.54) is 14.2 Å². The number of amides is 1. The van der Waals surface area contributed by atoms with E-state index < -0.39 is 23.8 Å². The Bertz CT molecular complexity index is 744. The molecule has 6 nitrogen and oxygen atoms in total. The van der Waals surface area contributed by atoms with E-state index >= 15 is 0 Å². The van der Waals surface area contributed by atoms with Gasteiger partial charge in [-0.2, -0.15) is 18.3 Å². The number of benzene rings is 1. The number of carbonyl (C=O) groups is 1. The van der Waals surface area contributed by atoms with Gasteiger partial charge in [-0.25, -0.2) is 0 Å². The lowest BCUT2D eigenvalue weighted by Crippen LogP contribution is -2.30. The molecule has 0 saturated heterocycles. The normalized spacial score (nSPS) is 12.6. The summed E-state index contributed by atoms with van der Waals surface area (Å²) in [7, 11) is 3.02. The van der Waals surface area contributed by atoms with Gasteiger partial charge in [-0.3, -0.25) is 9.48 Å². The number of hydrogen-bond acceptors (Lipinski definition) is 4. The molecule has 0 aliphatic heterocycles. The van der Waals surface area contributed by atoms with Gasteiger partial charge in [-0.1, -0.05) is 0 Å². The van der Waals surface area contributed by atoms with Gasteiger partial charge in [0.2, 0.25) is 5.91 Å². The van der Waals surface area contributed by atoms with Crippen LogP contribution in [-0.4, -0.2) is 29.9 Å². The lowest BCUT2D eigenvalue weighted by molar-refractivity contribution is -0.141. The van der Waals surface area contributed by atoms with Gasteiger partial charge >= 0.3 is 6.18 Å². The number of carbonyl (C=O) groups excluding carboxylic acids is 1. The Hall–Kier alpha value is -2.71. The molecule has 1 N–H and O–H groups in total. The van der Waals surface area contributed by atoms with Gasteiger partial charge in [-0.05, 0) is 25.1 Å². The molecular weight excluding hydrogens is 339 g/mol. The van der Waals surface area contributed by atoms with Crippen molar-refractivity contribution in [3.63, 3.8) is 0 Å². The Morgan fingerprint density at radius 3 is 2.56 bits per heavy atom. The Balaban J connectivity index is 2.04. The zero-order chi connectivity index (χ0) is 18.6. The van der Waals surface area contributed by atoms with Crippen LogP contribution in [0.5, 0.6) is 11.5 Å². The molecule has 25 heavy (non-hydrogen) atoms. The Labute approximate surface area is 142 Å². The van der Waals surface area contributed by atoms with Crippen LogP contribution in [0.4, 0.5) is 13.2 Å². The van der Waals surface area contributed by atoms with Crippen LogP contribution in [0.15, 0.2) is 30.5 Å². The SMILES string of the molecule is COc1ccc(C(C)NC(=O)Cn2ccc(C(F)(F)F)n2)c(OC)c1. The monoisotopic (exact) mass is 357 g/mol. The number of nitrogens with zero attached hydrogens (tertiary/aromatic N) is 2. The lowest BCUT2D eigenvalue weighted by atomic mass is 10.1. The van der Waals surface area contributed by atoms with Crippen LogP contribution in [0.25, 0.3) is 0 Å². The Morgan fingerprint density at radius 2 is 2.00 bits per heavy atom. The molecule has 0 aliphatic rings. The van der Waals surface area contributed by atoms with Crippen molar-refractivity contribution in [2.24, 2.45) is 0 Å². The van der Waals surface area contributed by atoms with E-state index in [0.717, 1.165) is 16.9 Å². The first kappa shape index (κ1) is 18.6. The second-order valence-electron chi connectivity index (χ2n) is 5.29. The maximum absolute atomic E-state index is 12.5. The molecule has 0 fully saturated rings. The molecular formula is C16H18F3N3O3. The number of methoxy groups -OCH3 is 2. The third kappa shape index (κ3) is 4.65. The molecule has 1 aromatic carbocycles. The van der Waals surface area contributed by atoms with Gasteiger partial charge in [0.05, 0.1) is 20.3 Å². The number of hydrogen-bond donors (Lipinski definition) is 1. The summed E-state index contributed by atoms with van der Waals surface area (Å²) >= 11 is 0. The summed E-state index contributed by atoms with van der Waals surface area (Å²) in [6, 6.07) is 5.57. The predicted molar refractivity (Wildman–Crippen MR) is 83.3 cm³/mol. The first-order chi connectivity index (χ1) is 11.7. The summed E-state index contributed by atoms with van der Waals surface area (Å²) in [5.41, 5.74) is -0.321. The van der Waals surface area contributed by atoms with Crippen molar-refractivity contribution >= 4 is 5.91 Å². The average molecular weight is 357 g/mol. The molecule has 9 heteroatoms. The highest BCUT2D eigenvalue weighted by molar-refractivity contribution is 5.76. The quantitative estimate of drug-likeness (QED) is 0.863. The number of halogens is 3. The van der Waals surface area contributed by atoms with E-state index in [1.54, 1.807) is 25.1 Å². The minimum atomic E-state index is -4.54. The molecule has 2 aromatic rings. The average Bonchev–Trinajstić information content (AvgIpc) is 3.02. The fraction of sp³-hybridized carbons (Fsp3) is 0.375. The van der Waals surface area contributed by atoms with Crippen LogP contribution in [0, 0.1) is 0 Å². The van der Waals surface area contributed by atoms with E-state index in [4.69, 9.17) is 9.47 Å². The second-order valence-corrected chi connectivity index (χ2v) is 5.29. The third-order valence-corrected chi connectivity index (χ3v) is 3.52. The summed E-state index contributed by atoms with van der Waals surface area (Å²) in [6.45, 7) is 1.42. The van der Waals surface area contributed by atoms with Crippen LogP contribution < -0.4 is 14.8 Å². The van der Waals surface area contributed by atoms with E-state index in [9.17, 15) is 18.0 Å². The zero-order valence-corrected chi connectivity index (χ0v) is 13.9. The molecule has 136 valence electrons. The van der Waals surface area contributed by atoms with Crippen LogP contribution in [0.2, 0.25) is 0 Å². The second kappa shape index (κ2) is 7.45. The highest BCUT2D eigenvalue weighted by Crippen LogP contribution is 2.29. The Kier molecular flexibility index (Phi) is 5.55. The predicted octanol–water partition coefficient (Wildman–Crippen LogP) is 2.80. The molecule has 1 unspecified atom stereocenters. The largest absolute Gasteiger partial charge is 0.497 e. The smallest absolute Gasteiger partial charge is 0.435 e. The van der Waals surface area contributed by atoms with Crippen molar-refractivity contribution in [3.8, 4) is 11.5 Å². The highest BCUT2D eigenvalue weighted by Gasteiger charge is 2.33. The summed E-state index contributed by atoms with van der Waals surface area (Å²) in [5.74, 6) is 0.670. The molecule has 0 bridgehead atoms. The van der Waals surface area contributed by atoms with Crippen molar-refractivity contribution in [3.05, 3.63) is 41.7 Å². The topological polar surface area (TPSA) is 65.4 Å². The molecule has 2 rings (SSSR count). The van der Waals surface area contributed by atoms with Gasteiger partial charge in [0.1, 0.15) is 18.0 Å². The fourth-order valence-electron chi connectivity index (χ4n) is 2.29. The van der Waals surface area contributed by atoms with E-state index in [0.29, 0.717) is 17.1 Å². The number of alkyl halides is 3. The van der Waals surface area contributed by atoms with Gasteiger partial charge in [0.15, 0.2) is 5.69 Å². The molecule has 0 saturated carbocycles. The van der Waals surface area contributed by atoms with E-state index in [2.05, 4.69) is 10.4 Å². The number of nitrogens with one attached hydrogen (secondary N) is 1. The van der Waals surface area contributed by atoms with E-state index in [1.807, 2.05) is 0 Å². The van der Waals surface area contributed by atoms with Crippen LogP contribution in [0.1, 0.15) is 24.2 Å². The van der Waals surface area contributed by atoms with Gasteiger partial charge < -0.3 is 14.8 Å². The van der Waals surface area contributed by atoms with Crippen molar-refractivity contribution < 1.29 is 27.4 Å². The zero-order valence-electron chi connectivity index (χ0n) is 13.9. The van der Waals surface area contributed by atoms with Crippen LogP contribution in [-0.2, 0) is 17.5 Å². The summed E-state index contributed by atoms with van der Waals surface area (Å²) in [5, 5.41) is 6.05. The first-order valence-corrected chi connectivity index (χ1v) is 7.36. The molecule has 0 spiro atoms. The molecule has 1 atom stereocenters. The van der Waals surface area contributed by atoms with Crippen molar-refractivity contribution in [1.29, 1.82) is 0 Å². The molecule has 0 aliphatic carbocycles. The van der Waals surface area contributed by atoms with Gasteiger partial charge in [0, 0.05) is 17.8 Å². The third-order valence-electron chi connectivity index (χ3n) is 3.52. The van der Waals surface area contributed by atoms with Crippen molar-refractivity contribution in [2.75, 3.05) is 14.2 Å². The Morgan fingerprint density at radius 1 is 1.28 bits per heavy atom. The number of aromatic nitrogens is 2. The molecule has 1 aromatic heterocycles. The highest BCUT2D eigenvalue weighted by atomic mass is 19.4. The first-order valence-electron chi connectivity index (χ1n) is 7.36.